The molecule has 1 N–H and O–H groups in total. The van der Waals surface area contributed by atoms with Crippen LogP contribution in [0.25, 0.3) is 0 Å². The maximum Gasteiger partial charge on any atom is 0.361 e. The number of carboxylic acids is 1. The number of unbranched alkanes of at least 4 members (excludes halogenated alkanes) is 42. The van der Waals surface area contributed by atoms with Crippen molar-refractivity contribution in [3.05, 3.63) is 48.6 Å². The maximum absolute atomic E-state index is 12.9. The second-order valence-corrected chi connectivity index (χ2v) is 24.8. The van der Waals surface area contributed by atoms with Crippen LogP contribution in [0, 0.1) is 0 Å². The lowest BCUT2D eigenvalue weighted by molar-refractivity contribution is -0.870. The Hall–Kier alpha value is -2.75. The highest BCUT2D eigenvalue weighted by molar-refractivity contribution is 5.71. The molecule has 0 saturated heterocycles. The summed E-state index contributed by atoms with van der Waals surface area (Å²) in [7, 11) is 5.99. The molecule has 0 aliphatic heterocycles. The van der Waals surface area contributed by atoms with Crippen molar-refractivity contribution in [2.45, 2.75) is 347 Å². The molecular weight excluding hydrogens is 1010 g/mol. The highest BCUT2D eigenvalue weighted by atomic mass is 16.7. The zero-order chi connectivity index (χ0) is 59.1. The molecule has 474 valence electrons. The quantitative estimate of drug-likeness (QED) is 0.0211. The number of carbonyl (C=O) groups excluding carboxylic acids is 2. The number of nitrogens with zero attached hydrogens (tertiary/aromatic N) is 1. The van der Waals surface area contributed by atoms with Crippen LogP contribution >= 0.6 is 0 Å². The Labute approximate surface area is 502 Å². The summed E-state index contributed by atoms with van der Waals surface area (Å²) in [6.07, 6.45) is 78.0. The van der Waals surface area contributed by atoms with Crippen molar-refractivity contribution < 1.29 is 42.9 Å². The third kappa shape index (κ3) is 64.7. The summed E-state index contributed by atoms with van der Waals surface area (Å²) in [5.41, 5.74) is 0. The monoisotopic (exact) mass is 1140 g/mol. The van der Waals surface area contributed by atoms with Crippen molar-refractivity contribution in [2.24, 2.45) is 0 Å². The van der Waals surface area contributed by atoms with E-state index in [2.05, 4.69) is 62.5 Å². The second kappa shape index (κ2) is 63.3. The largest absolute Gasteiger partial charge is 0.477 e. The van der Waals surface area contributed by atoms with Gasteiger partial charge in [-0.25, -0.2) is 4.79 Å². The van der Waals surface area contributed by atoms with Crippen LogP contribution in [0.1, 0.15) is 335 Å². The Balaban J connectivity index is 3.99. The van der Waals surface area contributed by atoms with Crippen LogP contribution in [0.4, 0.5) is 0 Å². The van der Waals surface area contributed by atoms with Gasteiger partial charge in [0.25, 0.3) is 6.29 Å². The van der Waals surface area contributed by atoms with Crippen molar-refractivity contribution in [1.29, 1.82) is 0 Å². The first-order valence-electron chi connectivity index (χ1n) is 34.8. The highest BCUT2D eigenvalue weighted by Crippen LogP contribution is 2.19. The van der Waals surface area contributed by atoms with Crippen molar-refractivity contribution in [1.82, 2.24) is 0 Å². The van der Waals surface area contributed by atoms with E-state index in [-0.39, 0.29) is 38.2 Å². The van der Waals surface area contributed by atoms with Crippen LogP contribution in [0.2, 0.25) is 0 Å². The predicted molar refractivity (Wildman–Crippen MR) is 346 cm³/mol. The molecule has 9 nitrogen and oxygen atoms in total. The summed E-state index contributed by atoms with van der Waals surface area (Å²) in [4.78, 5) is 37.6. The van der Waals surface area contributed by atoms with E-state index in [0.717, 1.165) is 64.2 Å². The van der Waals surface area contributed by atoms with Gasteiger partial charge in [-0.1, -0.05) is 319 Å². The first-order chi connectivity index (χ1) is 39.6. The van der Waals surface area contributed by atoms with Crippen molar-refractivity contribution >= 4 is 17.9 Å². The number of allylic oxidation sites excluding steroid dienone is 8. The first-order valence-corrected chi connectivity index (χ1v) is 34.8. The van der Waals surface area contributed by atoms with Crippen LogP contribution in [0.3, 0.4) is 0 Å². The number of quaternary nitrogens is 1. The number of hydrogen-bond acceptors (Lipinski definition) is 7. The summed E-state index contributed by atoms with van der Waals surface area (Å²) in [6.45, 7) is 4.83. The molecule has 0 bridgehead atoms. The molecule has 0 radical (unpaired) electrons. The Morgan fingerprint density at radius 1 is 0.383 bits per heavy atom. The number of esters is 2. The fourth-order valence-electron chi connectivity index (χ4n) is 10.3. The summed E-state index contributed by atoms with van der Waals surface area (Å²) < 4.78 is 23.0. The van der Waals surface area contributed by atoms with Crippen molar-refractivity contribution in [2.75, 3.05) is 47.5 Å². The molecule has 0 amide bonds. The molecule has 2 atom stereocenters. The average molecular weight is 1140 g/mol. The van der Waals surface area contributed by atoms with Gasteiger partial charge in [0.05, 0.1) is 34.4 Å². The minimum atomic E-state index is -1.51. The lowest BCUT2D eigenvalue weighted by Crippen LogP contribution is -2.40. The minimum absolute atomic E-state index is 0.175. The van der Waals surface area contributed by atoms with Gasteiger partial charge in [-0.15, -0.1) is 0 Å². The average Bonchev–Trinajstić information content (AvgIpc) is 3.44. The normalized spacial score (nSPS) is 13.0. The lowest BCUT2D eigenvalue weighted by Gasteiger charge is -2.25. The van der Waals surface area contributed by atoms with E-state index in [1.54, 1.807) is 0 Å². The Bertz CT molecular complexity index is 1470. The van der Waals surface area contributed by atoms with E-state index in [4.69, 9.17) is 18.9 Å². The van der Waals surface area contributed by atoms with Gasteiger partial charge in [0.2, 0.25) is 0 Å². The SMILES string of the molecule is CC/C=C\C/C=C\C/C=C\C/C=C\CCCCCCCCCCCCCCCCCCCCCCCCCCC(=O)OC(COC(=O)CCCCCCCCCCCCCCCCCCCCC)COC(OCC[N+](C)(C)C)C(=O)O. The zero-order valence-electron chi connectivity index (χ0n) is 54.2. The molecule has 0 aromatic carbocycles. The van der Waals surface area contributed by atoms with Gasteiger partial charge < -0.3 is 28.5 Å². The highest BCUT2D eigenvalue weighted by Gasteiger charge is 2.25. The molecule has 0 fully saturated rings. The molecule has 0 aliphatic carbocycles. The topological polar surface area (TPSA) is 108 Å². The Morgan fingerprint density at radius 2 is 0.704 bits per heavy atom. The molecule has 0 aromatic heterocycles. The maximum atomic E-state index is 12.9. The molecular formula is C72H134NO8+. The van der Waals surface area contributed by atoms with E-state index < -0.39 is 18.4 Å². The fourth-order valence-corrected chi connectivity index (χ4v) is 10.3. The smallest absolute Gasteiger partial charge is 0.361 e. The van der Waals surface area contributed by atoms with E-state index in [9.17, 15) is 19.5 Å². The molecule has 0 aromatic rings. The molecule has 9 heteroatoms. The standard InChI is InChI=1S/C72H133NO8/c1-6-8-10-12-14-16-18-20-22-24-26-27-28-29-30-31-32-33-34-35-36-37-38-39-40-41-42-43-45-47-49-51-53-55-57-59-61-63-70(75)81-68(67-80-72(71(76)77)78-65-64-73(3,4)5)66-79-69(74)62-60-58-56-54-52-50-48-46-44-25-23-21-19-17-15-13-11-9-7-2/h8,10,14,16,20,22,26-27,68,72H,6-7,9,11-13,15,17-19,21,23-25,28-67H2,1-5H3/p+1/b10-8-,16-14-,22-20-,27-26-. The molecule has 0 aliphatic rings. The van der Waals surface area contributed by atoms with E-state index in [0.29, 0.717) is 17.4 Å². The van der Waals surface area contributed by atoms with Crippen LogP contribution in [0.5, 0.6) is 0 Å². The van der Waals surface area contributed by atoms with E-state index >= 15 is 0 Å². The zero-order valence-corrected chi connectivity index (χ0v) is 54.2. The molecule has 0 saturated carbocycles. The number of hydrogen-bond donors (Lipinski definition) is 1. The number of ether oxygens (including phenoxy) is 4. The fraction of sp³-hybridized carbons (Fsp3) is 0.847. The number of rotatable bonds is 65. The number of likely N-dealkylation sites (N-methyl/N-ethyl adjacent to an activating group) is 1. The first kappa shape index (κ1) is 78.2. The van der Waals surface area contributed by atoms with Gasteiger partial charge in [-0.3, -0.25) is 9.59 Å². The van der Waals surface area contributed by atoms with E-state index in [1.165, 1.54) is 244 Å². The predicted octanol–water partition coefficient (Wildman–Crippen LogP) is 21.4. The van der Waals surface area contributed by atoms with Gasteiger partial charge in [0.15, 0.2) is 6.10 Å². The number of carboxylic acid groups (broad SMARTS) is 1. The van der Waals surface area contributed by atoms with Crippen LogP contribution < -0.4 is 0 Å². The van der Waals surface area contributed by atoms with Crippen LogP contribution in [0.15, 0.2) is 48.6 Å². The van der Waals surface area contributed by atoms with Crippen LogP contribution in [-0.2, 0) is 33.3 Å². The lowest BCUT2D eigenvalue weighted by atomic mass is 10.0. The number of aliphatic carboxylic acids is 1. The molecule has 2 unspecified atom stereocenters. The third-order valence-corrected chi connectivity index (χ3v) is 15.6. The summed E-state index contributed by atoms with van der Waals surface area (Å²) in [6, 6.07) is 0. The van der Waals surface area contributed by atoms with Gasteiger partial charge in [-0.2, -0.15) is 0 Å². The Kier molecular flexibility index (Phi) is 61.1. The summed E-state index contributed by atoms with van der Waals surface area (Å²) in [5, 5.41) is 9.73. The molecule has 81 heavy (non-hydrogen) atoms. The van der Waals surface area contributed by atoms with E-state index in [1.807, 2.05) is 21.1 Å². The summed E-state index contributed by atoms with van der Waals surface area (Å²) in [5.74, 6) is -1.98. The molecule has 0 spiro atoms. The number of carbonyl (C=O) groups is 3. The van der Waals surface area contributed by atoms with Crippen LogP contribution in [-0.4, -0.2) is 87.4 Å². The third-order valence-electron chi connectivity index (χ3n) is 15.6. The van der Waals surface area contributed by atoms with Crippen molar-refractivity contribution in [3.63, 3.8) is 0 Å². The minimum Gasteiger partial charge on any atom is -0.477 e. The van der Waals surface area contributed by atoms with Gasteiger partial charge in [-0.05, 0) is 51.4 Å². The molecule has 0 rings (SSSR count). The van der Waals surface area contributed by atoms with Gasteiger partial charge in [0, 0.05) is 12.8 Å². The van der Waals surface area contributed by atoms with Crippen molar-refractivity contribution in [3.8, 4) is 0 Å². The molecule has 0 heterocycles. The van der Waals surface area contributed by atoms with Gasteiger partial charge >= 0.3 is 17.9 Å². The Morgan fingerprint density at radius 3 is 1.05 bits per heavy atom. The van der Waals surface area contributed by atoms with Gasteiger partial charge in [0.1, 0.15) is 13.2 Å². The second-order valence-electron chi connectivity index (χ2n) is 24.8. The summed E-state index contributed by atoms with van der Waals surface area (Å²) >= 11 is 0.